The van der Waals surface area contributed by atoms with E-state index in [1.165, 1.54) is 18.2 Å². The van der Waals surface area contributed by atoms with E-state index >= 15 is 4.39 Å². The summed E-state index contributed by atoms with van der Waals surface area (Å²) >= 11 is 0. The van der Waals surface area contributed by atoms with Crippen LogP contribution in [0.15, 0.2) is 59.4 Å². The first-order valence-corrected chi connectivity index (χ1v) is 26.7. The number of Topliss-reactive ketones (excluding diaryl/α,β-unsaturated/α-hetero) is 1. The summed E-state index contributed by atoms with van der Waals surface area (Å²) in [5.41, 5.74) is 3.63. The molecular weight excluding hydrogens is 994 g/mol. The number of ketones is 1. The number of hydrogen-bond donors (Lipinski definition) is 5. The van der Waals surface area contributed by atoms with E-state index in [2.05, 4.69) is 21.3 Å². The predicted octanol–water partition coefficient (Wildman–Crippen LogP) is 4.00. The summed E-state index contributed by atoms with van der Waals surface area (Å²) in [5, 5.41) is 22.8. The minimum absolute atomic E-state index is 0.00364. The van der Waals surface area contributed by atoms with Gasteiger partial charge in [0.2, 0.25) is 23.6 Å². The highest BCUT2D eigenvalue weighted by Crippen LogP contribution is 2.48. The number of rotatable bonds is 25. The van der Waals surface area contributed by atoms with Crippen molar-refractivity contribution in [2.24, 2.45) is 5.92 Å². The van der Waals surface area contributed by atoms with E-state index in [1.807, 2.05) is 18.2 Å². The average molecular weight is 1060 g/mol. The molecule has 77 heavy (non-hydrogen) atoms. The van der Waals surface area contributed by atoms with Crippen LogP contribution in [0.1, 0.15) is 129 Å². The Hall–Kier alpha value is -7.45. The molecule has 2 aliphatic carbocycles. The molecule has 19 nitrogen and oxygen atoms in total. The quantitative estimate of drug-likeness (QED) is 0.0240. The summed E-state index contributed by atoms with van der Waals surface area (Å²) in [6.45, 7) is 2.75. The summed E-state index contributed by atoms with van der Waals surface area (Å²) < 4.78 is 28.8. The van der Waals surface area contributed by atoms with Crippen molar-refractivity contribution in [1.29, 1.82) is 0 Å². The summed E-state index contributed by atoms with van der Waals surface area (Å²) in [6, 6.07) is 11.2. The molecule has 0 spiro atoms. The Kier molecular flexibility index (Phi) is 16.5. The monoisotopic (exact) mass is 1060 g/mol. The van der Waals surface area contributed by atoms with Crippen LogP contribution in [0.5, 0.6) is 0 Å². The van der Waals surface area contributed by atoms with Gasteiger partial charge in [0.05, 0.1) is 54.2 Å². The van der Waals surface area contributed by atoms with Gasteiger partial charge in [-0.1, -0.05) is 43.7 Å². The molecule has 1 unspecified atom stereocenters. The van der Waals surface area contributed by atoms with Crippen LogP contribution in [0.4, 0.5) is 4.39 Å². The maximum absolute atomic E-state index is 15.5. The molecule has 9 rings (SSSR count). The molecule has 406 valence electrons. The van der Waals surface area contributed by atoms with Gasteiger partial charge in [-0.15, -0.1) is 0 Å². The van der Waals surface area contributed by atoms with E-state index in [1.54, 1.807) is 36.6 Å². The number of nitrogens with one attached hydrogen (secondary N) is 4. The summed E-state index contributed by atoms with van der Waals surface area (Å²) in [4.78, 5) is 121. The van der Waals surface area contributed by atoms with Gasteiger partial charge in [-0.2, -0.15) is 0 Å². The van der Waals surface area contributed by atoms with Gasteiger partial charge in [-0.05, 0) is 111 Å². The molecule has 2 aromatic carbocycles. The summed E-state index contributed by atoms with van der Waals surface area (Å²) in [7, 11) is 0. The number of unbranched alkanes of at least 4 members (excludes halogenated alkanes) is 2. The number of aryl methyl sites for hydroxylation is 1. The number of aromatic nitrogens is 2. The van der Waals surface area contributed by atoms with Crippen molar-refractivity contribution in [3.8, 4) is 11.4 Å². The zero-order chi connectivity index (χ0) is 54.5. The number of carbonyl (C=O) groups excluding carboxylic acids is 8. The van der Waals surface area contributed by atoms with Crippen molar-refractivity contribution in [1.82, 2.24) is 35.7 Å². The Labute approximate surface area is 443 Å². The zero-order valence-electron chi connectivity index (χ0n) is 43.3. The lowest BCUT2D eigenvalue weighted by atomic mass is 9.76. The lowest BCUT2D eigenvalue weighted by Crippen LogP contribution is -2.48. The van der Waals surface area contributed by atoms with E-state index in [9.17, 15) is 48.3 Å². The number of pyridine rings is 2. The molecule has 0 saturated heterocycles. The van der Waals surface area contributed by atoms with Crippen LogP contribution in [0, 0.1) is 18.7 Å². The first kappa shape index (κ1) is 54.3. The van der Waals surface area contributed by atoms with Gasteiger partial charge in [0.1, 0.15) is 19.2 Å². The molecule has 1 saturated carbocycles. The molecule has 0 bridgehead atoms. The number of halogens is 1. The first-order chi connectivity index (χ1) is 37.0. The van der Waals surface area contributed by atoms with E-state index in [4.69, 9.17) is 14.5 Å². The smallest absolute Gasteiger partial charge is 0.343 e. The molecule has 1 fully saturated rings. The number of aliphatic hydroxyl groups is 1. The summed E-state index contributed by atoms with van der Waals surface area (Å²) in [6.07, 6.45) is 8.47. The SMILES string of the molecule is CC[C@@]1(O)C(=O)OCc2c1cc1n(c2=O)Cc2c-1nc1cc(F)c(C)c3c1c2[C@@H](CCC(OCNC(=O)CCC(=O)[C@H](Cc1ccccc1)NC(=O)CNC(=O)CNC(=O)CCCCCN1C(=O)C=CC1=O)C1CC1)CC3. The number of carbonyl (C=O) groups is 8. The number of esters is 1. The maximum Gasteiger partial charge on any atom is 0.343 e. The molecule has 0 radical (unpaired) electrons. The van der Waals surface area contributed by atoms with Crippen LogP contribution in [0.25, 0.3) is 22.3 Å². The topological polar surface area (TPSA) is 262 Å². The molecule has 5 N–H and O–H groups in total. The minimum Gasteiger partial charge on any atom is -0.458 e. The van der Waals surface area contributed by atoms with Crippen molar-refractivity contribution in [3.05, 3.63) is 110 Å². The molecule has 4 atom stereocenters. The molecule has 2 aromatic heterocycles. The highest BCUT2D eigenvalue weighted by atomic mass is 19.1. The molecule has 20 heteroatoms. The van der Waals surface area contributed by atoms with Crippen molar-refractivity contribution in [3.63, 3.8) is 0 Å². The van der Waals surface area contributed by atoms with E-state index in [0.29, 0.717) is 66.9 Å². The molecule has 5 aliphatic rings. The van der Waals surface area contributed by atoms with Crippen LogP contribution in [0.2, 0.25) is 0 Å². The summed E-state index contributed by atoms with van der Waals surface area (Å²) in [5.74, 6) is -4.01. The van der Waals surface area contributed by atoms with Gasteiger partial charge in [-0.25, -0.2) is 14.2 Å². The van der Waals surface area contributed by atoms with Gasteiger partial charge < -0.3 is 40.4 Å². The van der Waals surface area contributed by atoms with Crippen molar-refractivity contribution >= 4 is 58.1 Å². The number of hydrogen-bond acceptors (Lipinski definition) is 13. The number of amides is 6. The minimum atomic E-state index is -1.99. The Morgan fingerprint density at radius 2 is 1.60 bits per heavy atom. The van der Waals surface area contributed by atoms with E-state index < -0.39 is 41.9 Å². The number of fused-ring (bicyclic) bond motifs is 5. The molecular formula is C57H64FN7O12. The second kappa shape index (κ2) is 23.4. The highest BCUT2D eigenvalue weighted by molar-refractivity contribution is 6.12. The third-order valence-electron chi connectivity index (χ3n) is 15.7. The van der Waals surface area contributed by atoms with E-state index in [-0.39, 0.29) is 123 Å². The van der Waals surface area contributed by atoms with Crippen molar-refractivity contribution < 1.29 is 57.3 Å². The standard InChI is InChI=1S/C57H64FN7O12/c1-3-57(75)39-25-43-54-37(29-65(43)55(73)38(39)30-76-56(57)74)52-35(15-17-36-32(2)40(58)26-42(63-54)53(36)52)16-19-45(34-13-14-34)77-31-61-47(68)20-18-44(66)41(24-33-10-6-4-7-11-33)62-49(70)28-60-48(69)27-59-46(67)12-8-5-9-23-64-50(71)21-22-51(64)72/h4,6-7,10-11,21-22,25-26,34-35,41,45,75H,3,5,8-9,12-20,23-24,27-31H2,1-2H3,(H,59,67)(H,60,69)(H,61,68)(H,62,70)/t35-,41+,45?,57+/m1/s1. The molecule has 6 amide bonds. The molecule has 5 heterocycles. The Balaban J connectivity index is 0.764. The Bertz CT molecular complexity index is 3120. The molecule has 3 aliphatic heterocycles. The third kappa shape index (κ3) is 11.9. The van der Waals surface area contributed by atoms with Crippen LogP contribution in [-0.2, 0) is 79.4 Å². The fraction of sp³-hybridized carbons (Fsp3) is 0.474. The van der Waals surface area contributed by atoms with Crippen LogP contribution < -0.4 is 26.8 Å². The average Bonchev–Trinajstić information content (AvgIpc) is 4.31. The van der Waals surface area contributed by atoms with Crippen LogP contribution in [0.3, 0.4) is 0 Å². The number of nitrogens with zero attached hydrogens (tertiary/aromatic N) is 3. The van der Waals surface area contributed by atoms with Gasteiger partial charge in [0, 0.05) is 60.5 Å². The van der Waals surface area contributed by atoms with Gasteiger partial charge in [0.25, 0.3) is 17.4 Å². The lowest BCUT2D eigenvalue weighted by molar-refractivity contribution is -0.172. The number of ether oxygens (including phenoxy) is 2. The lowest BCUT2D eigenvalue weighted by Gasteiger charge is -2.31. The molecule has 4 aromatic rings. The van der Waals surface area contributed by atoms with Crippen molar-refractivity contribution in [2.45, 2.75) is 141 Å². The number of benzene rings is 2. The fourth-order valence-electron chi connectivity index (χ4n) is 11.2. The van der Waals surface area contributed by atoms with Crippen molar-refractivity contribution in [2.75, 3.05) is 26.4 Å². The zero-order valence-corrected chi connectivity index (χ0v) is 43.3. The van der Waals surface area contributed by atoms with Gasteiger partial charge in [0.15, 0.2) is 11.4 Å². The van der Waals surface area contributed by atoms with Crippen LogP contribution >= 0.6 is 0 Å². The van der Waals surface area contributed by atoms with E-state index in [0.717, 1.165) is 51.8 Å². The van der Waals surface area contributed by atoms with Crippen LogP contribution in [-0.4, -0.2) is 105 Å². The highest BCUT2D eigenvalue weighted by Gasteiger charge is 2.46. The van der Waals surface area contributed by atoms with Gasteiger partial charge >= 0.3 is 5.97 Å². The Morgan fingerprint density at radius 1 is 0.870 bits per heavy atom. The first-order valence-electron chi connectivity index (χ1n) is 26.7. The largest absolute Gasteiger partial charge is 0.458 e. The van der Waals surface area contributed by atoms with Gasteiger partial charge in [-0.3, -0.25) is 43.3 Å². The second-order valence-corrected chi connectivity index (χ2v) is 20.7. The maximum atomic E-state index is 15.5. The number of cyclic esters (lactones) is 1. The predicted molar refractivity (Wildman–Crippen MR) is 277 cm³/mol. The second-order valence-electron chi connectivity index (χ2n) is 20.7. The fourth-order valence-corrected chi connectivity index (χ4v) is 11.2. The third-order valence-corrected chi connectivity index (χ3v) is 15.7. The number of imide groups is 1. The normalized spacial score (nSPS) is 18.8. The Morgan fingerprint density at radius 3 is 2.34 bits per heavy atom.